The molecule has 16 heavy (non-hydrogen) atoms. The van der Waals surface area contributed by atoms with E-state index >= 15 is 0 Å². The zero-order valence-electron chi connectivity index (χ0n) is 9.99. The van der Waals surface area contributed by atoms with Crippen LogP contribution >= 0.6 is 0 Å². The fourth-order valence-corrected chi connectivity index (χ4v) is 2.06. The number of aryl methyl sites for hydroxylation is 1. The summed E-state index contributed by atoms with van der Waals surface area (Å²) in [5, 5.41) is 0. The Morgan fingerprint density at radius 2 is 2.12 bits per heavy atom. The second kappa shape index (κ2) is 4.71. The summed E-state index contributed by atoms with van der Waals surface area (Å²) >= 11 is 0. The van der Waals surface area contributed by atoms with Crippen molar-refractivity contribution in [2.75, 3.05) is 6.61 Å². The van der Waals surface area contributed by atoms with Crippen molar-refractivity contribution in [1.82, 2.24) is 0 Å². The minimum Gasteiger partial charge on any atom is -0.496 e. The molecule has 0 saturated heterocycles. The zero-order valence-corrected chi connectivity index (χ0v) is 9.99. The van der Waals surface area contributed by atoms with Gasteiger partial charge in [0.05, 0.1) is 12.6 Å². The maximum atomic E-state index is 6.25. The molecule has 1 aromatic rings. The Balaban J connectivity index is 2.29. The van der Waals surface area contributed by atoms with Crippen LogP contribution in [0.1, 0.15) is 35.6 Å². The number of hydrogen-bond acceptors (Lipinski definition) is 2. The molecule has 0 amide bonds. The van der Waals surface area contributed by atoms with Gasteiger partial charge in [-0.15, -0.1) is 0 Å². The molecular formula is C14H19NO. The lowest BCUT2D eigenvalue weighted by Crippen LogP contribution is -2.19. The van der Waals surface area contributed by atoms with Crippen LogP contribution in [0.25, 0.3) is 0 Å². The monoisotopic (exact) mass is 217 g/mol. The second-order valence-corrected chi connectivity index (χ2v) is 4.36. The molecule has 0 radical (unpaired) electrons. The average Bonchev–Trinajstić information content (AvgIpc) is 2.33. The second-order valence-electron chi connectivity index (χ2n) is 4.36. The quantitative estimate of drug-likeness (QED) is 0.826. The van der Waals surface area contributed by atoms with Crippen molar-refractivity contribution in [3.8, 4) is 0 Å². The summed E-state index contributed by atoms with van der Waals surface area (Å²) in [7, 11) is 0. The molecule has 0 aromatic heterocycles. The summed E-state index contributed by atoms with van der Waals surface area (Å²) in [6, 6.07) is 6.15. The number of hydrogen-bond donors (Lipinski definition) is 1. The fraction of sp³-hybridized carbons (Fsp3) is 0.429. The van der Waals surface area contributed by atoms with E-state index in [0.29, 0.717) is 0 Å². The van der Waals surface area contributed by atoms with Gasteiger partial charge in [0.15, 0.2) is 0 Å². The van der Waals surface area contributed by atoms with E-state index in [4.69, 9.17) is 10.5 Å². The highest BCUT2D eigenvalue weighted by molar-refractivity contribution is 5.38. The maximum absolute atomic E-state index is 6.25. The van der Waals surface area contributed by atoms with Gasteiger partial charge >= 0.3 is 0 Å². The highest BCUT2D eigenvalue weighted by atomic mass is 16.5. The standard InChI is InChI=1S/C14H19NO/c1-10-6-5-7-12(11(10)2)14(15)13-8-3-4-9-16-13/h5-8,14H,3-4,9,15H2,1-2H3. The molecule has 0 aliphatic carbocycles. The minimum absolute atomic E-state index is 0.111. The van der Waals surface area contributed by atoms with Crippen LogP contribution in [-0.2, 0) is 4.74 Å². The number of rotatable bonds is 2. The van der Waals surface area contributed by atoms with Gasteiger partial charge < -0.3 is 10.5 Å². The molecule has 1 aliphatic rings. The van der Waals surface area contributed by atoms with Gasteiger partial charge in [-0.05, 0) is 49.5 Å². The Labute approximate surface area is 97.1 Å². The molecule has 1 aliphatic heterocycles. The molecule has 2 N–H and O–H groups in total. The first-order valence-electron chi connectivity index (χ1n) is 5.84. The predicted octanol–water partition coefficient (Wildman–Crippen LogP) is 3.00. The number of ether oxygens (including phenoxy) is 1. The van der Waals surface area contributed by atoms with Gasteiger partial charge in [-0.3, -0.25) is 0 Å². The lowest BCUT2D eigenvalue weighted by molar-refractivity contribution is 0.175. The molecule has 0 fully saturated rings. The third kappa shape index (κ3) is 2.12. The number of nitrogens with two attached hydrogens (primary N) is 1. The van der Waals surface area contributed by atoms with Crippen LogP contribution in [0.4, 0.5) is 0 Å². The van der Waals surface area contributed by atoms with Crippen LogP contribution in [0.5, 0.6) is 0 Å². The van der Waals surface area contributed by atoms with Gasteiger partial charge in [0.2, 0.25) is 0 Å². The molecule has 2 nitrogen and oxygen atoms in total. The lowest BCUT2D eigenvalue weighted by atomic mass is 9.96. The smallest absolute Gasteiger partial charge is 0.113 e. The van der Waals surface area contributed by atoms with Crippen molar-refractivity contribution < 1.29 is 4.74 Å². The molecule has 0 bridgehead atoms. The molecule has 1 aromatic carbocycles. The van der Waals surface area contributed by atoms with Crippen molar-refractivity contribution in [1.29, 1.82) is 0 Å². The Hall–Kier alpha value is -1.28. The maximum Gasteiger partial charge on any atom is 0.113 e. The Bertz CT molecular complexity index is 409. The van der Waals surface area contributed by atoms with Crippen molar-refractivity contribution >= 4 is 0 Å². The third-order valence-electron chi connectivity index (χ3n) is 3.25. The summed E-state index contributed by atoms with van der Waals surface area (Å²) < 4.78 is 5.63. The molecule has 0 saturated carbocycles. The van der Waals surface area contributed by atoms with Crippen molar-refractivity contribution in [2.45, 2.75) is 32.7 Å². The van der Waals surface area contributed by atoms with Crippen LogP contribution in [0.3, 0.4) is 0 Å². The van der Waals surface area contributed by atoms with E-state index in [0.717, 1.165) is 25.2 Å². The number of allylic oxidation sites excluding steroid dienone is 1. The van der Waals surface area contributed by atoms with Gasteiger partial charge in [0.25, 0.3) is 0 Å². The van der Waals surface area contributed by atoms with Crippen molar-refractivity contribution in [2.24, 2.45) is 5.73 Å². The summed E-state index contributed by atoms with van der Waals surface area (Å²) in [5.74, 6) is 0.931. The Kier molecular flexibility index (Phi) is 3.30. The molecule has 86 valence electrons. The van der Waals surface area contributed by atoms with Gasteiger partial charge in [-0.1, -0.05) is 18.2 Å². The summed E-state index contributed by atoms with van der Waals surface area (Å²) in [6.07, 6.45) is 4.30. The first-order valence-corrected chi connectivity index (χ1v) is 5.84. The van der Waals surface area contributed by atoms with E-state index in [1.54, 1.807) is 0 Å². The molecule has 2 heteroatoms. The molecule has 1 unspecified atom stereocenters. The average molecular weight is 217 g/mol. The summed E-state index contributed by atoms with van der Waals surface area (Å²) in [5.41, 5.74) is 9.97. The third-order valence-corrected chi connectivity index (χ3v) is 3.25. The molecule has 2 rings (SSSR count). The lowest BCUT2D eigenvalue weighted by Gasteiger charge is -2.22. The van der Waals surface area contributed by atoms with Gasteiger partial charge in [-0.2, -0.15) is 0 Å². The molecule has 1 atom stereocenters. The summed E-state index contributed by atoms with van der Waals surface area (Å²) in [4.78, 5) is 0. The Morgan fingerprint density at radius 1 is 1.31 bits per heavy atom. The largest absolute Gasteiger partial charge is 0.496 e. The minimum atomic E-state index is -0.111. The molecular weight excluding hydrogens is 198 g/mol. The normalized spacial score (nSPS) is 17.6. The van der Waals surface area contributed by atoms with E-state index in [-0.39, 0.29) is 6.04 Å². The van der Waals surface area contributed by atoms with Crippen LogP contribution in [0.2, 0.25) is 0 Å². The molecule has 1 heterocycles. The van der Waals surface area contributed by atoms with E-state index < -0.39 is 0 Å². The Morgan fingerprint density at radius 3 is 2.81 bits per heavy atom. The zero-order chi connectivity index (χ0) is 11.5. The highest BCUT2D eigenvalue weighted by Gasteiger charge is 2.17. The number of benzene rings is 1. The van der Waals surface area contributed by atoms with Crippen LogP contribution < -0.4 is 5.73 Å². The SMILES string of the molecule is Cc1cccc(C(N)C2=CCCCO2)c1C. The first-order chi connectivity index (χ1) is 7.70. The van der Waals surface area contributed by atoms with E-state index in [9.17, 15) is 0 Å². The van der Waals surface area contributed by atoms with Gasteiger partial charge in [-0.25, -0.2) is 0 Å². The van der Waals surface area contributed by atoms with E-state index in [1.807, 2.05) is 0 Å². The predicted molar refractivity (Wildman–Crippen MR) is 66.1 cm³/mol. The van der Waals surface area contributed by atoms with Gasteiger partial charge in [0, 0.05) is 0 Å². The fourth-order valence-electron chi connectivity index (χ4n) is 2.06. The topological polar surface area (TPSA) is 35.2 Å². The van der Waals surface area contributed by atoms with Gasteiger partial charge in [0.1, 0.15) is 5.76 Å². The van der Waals surface area contributed by atoms with E-state index in [1.165, 1.54) is 16.7 Å². The summed E-state index contributed by atoms with van der Waals surface area (Å²) in [6.45, 7) is 5.03. The van der Waals surface area contributed by atoms with Crippen LogP contribution in [-0.4, -0.2) is 6.61 Å². The first kappa shape index (κ1) is 11.2. The van der Waals surface area contributed by atoms with Crippen LogP contribution in [0, 0.1) is 13.8 Å². The molecule has 0 spiro atoms. The highest BCUT2D eigenvalue weighted by Crippen LogP contribution is 2.27. The van der Waals surface area contributed by atoms with Crippen LogP contribution in [0.15, 0.2) is 30.0 Å². The van der Waals surface area contributed by atoms with Crippen molar-refractivity contribution in [3.05, 3.63) is 46.7 Å². The van der Waals surface area contributed by atoms with Crippen molar-refractivity contribution in [3.63, 3.8) is 0 Å². The van der Waals surface area contributed by atoms with E-state index in [2.05, 4.69) is 38.1 Å².